The van der Waals surface area contributed by atoms with Crippen molar-refractivity contribution >= 4 is 44.6 Å². The third-order valence-corrected chi connectivity index (χ3v) is 8.64. The normalized spacial score (nSPS) is 16.0. The Bertz CT molecular complexity index is 2450. The molecule has 6 aromatic rings. The molecule has 246 valence electrons. The molecule has 0 fully saturated rings. The van der Waals surface area contributed by atoms with Crippen LogP contribution in [0.15, 0.2) is 59.1 Å². The zero-order valence-corrected chi connectivity index (χ0v) is 27.9. The van der Waals surface area contributed by atoms with Gasteiger partial charge in [0, 0.05) is 58.0 Å². The molecular formula is C34H38N6O5S2. The number of imidazole rings is 2. The lowest BCUT2D eigenvalue weighted by Gasteiger charge is -2.11. The first kappa shape index (κ1) is 22.8. The Hall–Kier alpha value is -4.62. The number of rotatable bonds is 10. The van der Waals surface area contributed by atoms with E-state index in [-0.39, 0.29) is 33.6 Å². The van der Waals surface area contributed by atoms with Crippen molar-refractivity contribution in [2.45, 2.75) is 49.4 Å². The molecule has 13 heteroatoms. The van der Waals surface area contributed by atoms with Crippen LogP contribution in [0.3, 0.4) is 0 Å². The van der Waals surface area contributed by atoms with Crippen molar-refractivity contribution in [1.82, 2.24) is 29.9 Å². The van der Waals surface area contributed by atoms with E-state index in [0.29, 0.717) is 49.9 Å². The summed E-state index contributed by atoms with van der Waals surface area (Å²) in [4.78, 5) is 22.8. The summed E-state index contributed by atoms with van der Waals surface area (Å²) in [6.45, 7) is 6.34. The number of aromatic nitrogens is 6. The summed E-state index contributed by atoms with van der Waals surface area (Å²) in [6, 6.07) is 10.3. The Morgan fingerprint density at radius 1 is 0.787 bits per heavy atom. The molecule has 0 spiro atoms. The van der Waals surface area contributed by atoms with Gasteiger partial charge < -0.3 is 28.9 Å². The highest BCUT2D eigenvalue weighted by Gasteiger charge is 2.16. The molecule has 47 heavy (non-hydrogen) atoms. The second-order valence-electron chi connectivity index (χ2n) is 10.1. The highest BCUT2D eigenvalue weighted by molar-refractivity contribution is 7.98. The van der Waals surface area contributed by atoms with E-state index in [1.54, 1.807) is 64.3 Å². The maximum absolute atomic E-state index is 13.0. The van der Waals surface area contributed by atoms with E-state index >= 15 is 0 Å². The van der Waals surface area contributed by atoms with Crippen LogP contribution >= 0.6 is 11.8 Å². The molecule has 4 heterocycles. The summed E-state index contributed by atoms with van der Waals surface area (Å²) in [5, 5.41) is 0.298. The van der Waals surface area contributed by atoms with Gasteiger partial charge in [-0.3, -0.25) is 14.2 Å². The van der Waals surface area contributed by atoms with Crippen LogP contribution in [-0.4, -0.2) is 62.4 Å². The zero-order chi connectivity index (χ0) is 42.2. The van der Waals surface area contributed by atoms with Gasteiger partial charge in [-0.05, 0) is 52.0 Å². The zero-order valence-electron chi connectivity index (χ0n) is 36.3. The number of nitrogens with zero attached hydrogens (tertiary/aromatic N) is 4. The highest BCUT2D eigenvalue weighted by atomic mass is 32.2. The van der Waals surface area contributed by atoms with Crippen LogP contribution in [0.1, 0.15) is 47.3 Å². The summed E-state index contributed by atoms with van der Waals surface area (Å²) >= 11 is 0.852. The number of aryl methyl sites for hydroxylation is 2. The van der Waals surface area contributed by atoms with Crippen LogP contribution in [0.5, 0.6) is 23.0 Å². The summed E-state index contributed by atoms with van der Waals surface area (Å²) in [5.41, 5.74) is -0.618. The van der Waals surface area contributed by atoms with Crippen molar-refractivity contribution in [3.05, 3.63) is 82.4 Å². The molecule has 2 aromatic carbocycles. The van der Waals surface area contributed by atoms with E-state index in [1.807, 2.05) is 0 Å². The Morgan fingerprint density at radius 3 is 1.94 bits per heavy atom. The van der Waals surface area contributed by atoms with Crippen LogP contribution in [-0.2, 0) is 22.2 Å². The lowest BCUT2D eigenvalue weighted by molar-refractivity contribution is 0.407. The fraction of sp³-hybridized carbons (Fsp3) is 0.294. The third-order valence-electron chi connectivity index (χ3n) is 7.03. The van der Waals surface area contributed by atoms with Crippen LogP contribution in [0, 0.1) is 27.7 Å². The molecular weight excluding hydrogens is 637 g/mol. The minimum atomic E-state index is -2.71. The van der Waals surface area contributed by atoms with E-state index < -0.39 is 36.3 Å². The van der Waals surface area contributed by atoms with Gasteiger partial charge in [0.05, 0.1) is 86.5 Å². The molecule has 2 N–H and O–H groups in total. The van der Waals surface area contributed by atoms with Gasteiger partial charge in [0.25, 0.3) is 0 Å². The summed E-state index contributed by atoms with van der Waals surface area (Å²) in [6.07, 6.45) is 2.70. The van der Waals surface area contributed by atoms with Gasteiger partial charge >= 0.3 is 0 Å². The predicted octanol–water partition coefficient (Wildman–Crippen LogP) is 6.78. The molecule has 0 amide bonds. The second-order valence-corrected chi connectivity index (χ2v) is 12.0. The minimum Gasteiger partial charge on any atom is -0.497 e. The number of ether oxygens (including phenoxy) is 4. The monoisotopic (exact) mass is 684 g/mol. The average molecular weight is 685 g/mol. The Balaban J connectivity index is 0.000000218. The van der Waals surface area contributed by atoms with Gasteiger partial charge in [-0.25, -0.2) is 9.97 Å². The molecule has 0 aliphatic rings. The number of methoxy groups -OCH3 is 4. The molecule has 1 atom stereocenters. The van der Waals surface area contributed by atoms with E-state index in [0.717, 1.165) is 17.3 Å². The lowest BCUT2D eigenvalue weighted by atomic mass is 10.1. The lowest BCUT2D eigenvalue weighted by Crippen LogP contribution is -2.05. The van der Waals surface area contributed by atoms with Crippen LogP contribution < -0.4 is 18.9 Å². The number of benzene rings is 2. The predicted molar refractivity (Wildman–Crippen MR) is 185 cm³/mol. The third kappa shape index (κ3) is 7.52. The first-order valence-corrected chi connectivity index (χ1v) is 15.9. The smallest absolute Gasteiger partial charge is 0.197 e. The highest BCUT2D eigenvalue weighted by Crippen LogP contribution is 2.30. The van der Waals surface area contributed by atoms with Gasteiger partial charge in [0.2, 0.25) is 0 Å². The van der Waals surface area contributed by atoms with Crippen molar-refractivity contribution < 1.29 is 36.9 Å². The Morgan fingerprint density at radius 2 is 1.34 bits per heavy atom. The van der Waals surface area contributed by atoms with Gasteiger partial charge in [0.15, 0.2) is 10.3 Å². The van der Waals surface area contributed by atoms with Crippen molar-refractivity contribution in [2.24, 2.45) is 0 Å². The maximum atomic E-state index is 13.0. The Labute approximate surface area is 294 Å². The molecule has 0 radical (unpaired) electrons. The number of pyridine rings is 2. The van der Waals surface area contributed by atoms with Gasteiger partial charge in [-0.1, -0.05) is 11.8 Å². The standard InChI is InChI=1S/C17H19N3O3S.C17H19N3O2S/c1-10-8-18-15(11(2)16(10)23-4)9-24(21)17-19-13-6-5-12(22-3)7-14(13)20-17;1-10-8-18-15(11(2)16(10)22-4)9-23-17-19-13-6-5-12(21-3)7-14(13)20-17/h5-8H,9H2,1-4H3,(H,19,20);5-8H,9H2,1-4H3,(H,19,20)/i2*4D3,9D2. The molecule has 0 saturated carbocycles. The van der Waals surface area contributed by atoms with Gasteiger partial charge in [0.1, 0.15) is 23.0 Å². The van der Waals surface area contributed by atoms with E-state index in [2.05, 4.69) is 29.9 Å². The van der Waals surface area contributed by atoms with Crippen LogP contribution in [0.25, 0.3) is 22.1 Å². The van der Waals surface area contributed by atoms with Gasteiger partial charge in [-0.15, -0.1) is 0 Å². The maximum Gasteiger partial charge on any atom is 0.197 e. The molecule has 0 bridgehead atoms. The summed E-state index contributed by atoms with van der Waals surface area (Å²) < 4.78 is 111. The quantitative estimate of drug-likeness (QED) is 0.149. The molecule has 4 aromatic heterocycles. The van der Waals surface area contributed by atoms with E-state index in [1.165, 1.54) is 26.4 Å². The first-order valence-electron chi connectivity index (χ1n) is 18.9. The number of fused-ring (bicyclic) bond motifs is 2. The fourth-order valence-corrected chi connectivity index (χ4v) is 6.08. The van der Waals surface area contributed by atoms with Crippen LogP contribution in [0.4, 0.5) is 0 Å². The minimum absolute atomic E-state index is 0.00906. The molecule has 0 aliphatic carbocycles. The van der Waals surface area contributed by atoms with Crippen molar-refractivity contribution in [3.63, 3.8) is 0 Å². The molecule has 0 aliphatic heterocycles. The van der Waals surface area contributed by atoms with Crippen molar-refractivity contribution in [1.29, 1.82) is 0 Å². The van der Waals surface area contributed by atoms with Gasteiger partial charge in [-0.2, -0.15) is 0 Å². The van der Waals surface area contributed by atoms with Crippen molar-refractivity contribution in [2.75, 3.05) is 28.3 Å². The largest absolute Gasteiger partial charge is 0.497 e. The second kappa shape index (κ2) is 14.9. The number of H-pyrrole nitrogens is 2. The first-order chi connectivity index (χ1) is 26.4. The molecule has 11 nitrogen and oxygen atoms in total. The summed E-state index contributed by atoms with van der Waals surface area (Å²) in [7, 11) is -4.53. The Kier molecular flexibility index (Phi) is 7.22. The molecule has 6 rings (SSSR count). The number of nitrogens with one attached hydrogen (secondary N) is 2. The van der Waals surface area contributed by atoms with Crippen LogP contribution in [0.2, 0.25) is 0 Å². The molecule has 0 saturated heterocycles. The van der Waals surface area contributed by atoms with E-state index in [9.17, 15) is 4.21 Å². The number of thioether (sulfide) groups is 1. The fourth-order valence-electron chi connectivity index (χ4n) is 4.51. The SMILES string of the molecule is [2H]C([2H])([2H])Oc1c(C)cnc(C([2H])([2H])S(=O)c2nc3ccc(OC)cc3[nH]2)c1C.[2H]C([2H])([2H])Oc1c(C)cnc(C([2H])([2H])Sc2nc3ccc(OC)cc3[nH]2)c1C. The number of aromatic amines is 2. The molecule has 1 unspecified atom stereocenters. The topological polar surface area (TPSA) is 137 Å². The van der Waals surface area contributed by atoms with E-state index in [4.69, 9.17) is 32.7 Å². The number of hydrogen-bond donors (Lipinski definition) is 2. The van der Waals surface area contributed by atoms with Crippen molar-refractivity contribution in [3.8, 4) is 23.0 Å². The summed E-state index contributed by atoms with van der Waals surface area (Å²) in [5.74, 6) is 1.34. The number of hydrogen-bond acceptors (Lipinski definition) is 10. The average Bonchev–Trinajstić information content (AvgIpc) is 3.73.